The van der Waals surface area contributed by atoms with Crippen molar-refractivity contribution in [3.05, 3.63) is 29.6 Å². The van der Waals surface area contributed by atoms with Gasteiger partial charge in [-0.3, -0.25) is 9.88 Å². The number of piperazine rings is 1. The van der Waals surface area contributed by atoms with E-state index in [2.05, 4.69) is 16.0 Å². The molecular formula is C17H24N4O2. The number of hydrogen-bond acceptors (Lipinski definition) is 5. The molecule has 1 amide bonds. The fourth-order valence-electron chi connectivity index (χ4n) is 2.58. The minimum Gasteiger partial charge on any atom is -0.444 e. The molecule has 0 unspecified atom stereocenters. The zero-order chi connectivity index (χ0) is 17.0. The van der Waals surface area contributed by atoms with Gasteiger partial charge in [0.1, 0.15) is 11.7 Å². The summed E-state index contributed by atoms with van der Waals surface area (Å²) in [6.45, 7) is 10.6. The quantitative estimate of drug-likeness (QED) is 0.838. The van der Waals surface area contributed by atoms with Crippen molar-refractivity contribution in [2.45, 2.75) is 45.9 Å². The molecule has 1 aliphatic heterocycles. The van der Waals surface area contributed by atoms with Gasteiger partial charge in [0.25, 0.3) is 0 Å². The molecule has 1 aromatic heterocycles. The van der Waals surface area contributed by atoms with Gasteiger partial charge in [0.15, 0.2) is 0 Å². The molecular weight excluding hydrogens is 292 g/mol. The third-order valence-electron chi connectivity index (χ3n) is 3.68. The van der Waals surface area contributed by atoms with Crippen LogP contribution in [0, 0.1) is 11.3 Å². The second-order valence-corrected chi connectivity index (χ2v) is 6.91. The van der Waals surface area contributed by atoms with Crippen LogP contribution in [0.4, 0.5) is 4.79 Å². The third-order valence-corrected chi connectivity index (χ3v) is 3.68. The molecule has 0 saturated carbocycles. The summed E-state index contributed by atoms with van der Waals surface area (Å²) in [7, 11) is 0. The molecule has 0 spiro atoms. The predicted molar refractivity (Wildman–Crippen MR) is 86.6 cm³/mol. The number of aromatic nitrogens is 1. The van der Waals surface area contributed by atoms with Crippen molar-refractivity contribution in [3.63, 3.8) is 0 Å². The first-order chi connectivity index (χ1) is 10.8. The fraction of sp³-hybridized carbons (Fsp3) is 0.588. The van der Waals surface area contributed by atoms with E-state index in [0.717, 1.165) is 25.3 Å². The molecule has 0 bridgehead atoms. The molecule has 0 aromatic carbocycles. The van der Waals surface area contributed by atoms with Crippen molar-refractivity contribution < 1.29 is 9.53 Å². The normalized spacial score (nSPS) is 19.3. The van der Waals surface area contributed by atoms with E-state index in [4.69, 9.17) is 10.00 Å². The van der Waals surface area contributed by atoms with Crippen LogP contribution in [0.1, 0.15) is 39.0 Å². The maximum Gasteiger partial charge on any atom is 0.410 e. The molecule has 1 fully saturated rings. The molecule has 1 aromatic rings. The topological polar surface area (TPSA) is 69.5 Å². The number of ether oxygens (including phenoxy) is 1. The number of nitrogens with zero attached hydrogens (tertiary/aromatic N) is 4. The number of carbonyl (C=O) groups is 1. The van der Waals surface area contributed by atoms with Gasteiger partial charge in [0.2, 0.25) is 0 Å². The van der Waals surface area contributed by atoms with Crippen molar-refractivity contribution in [1.29, 1.82) is 5.26 Å². The second kappa shape index (κ2) is 6.97. The van der Waals surface area contributed by atoms with Gasteiger partial charge >= 0.3 is 6.09 Å². The van der Waals surface area contributed by atoms with Gasteiger partial charge in [-0.15, -0.1) is 0 Å². The maximum atomic E-state index is 12.2. The third kappa shape index (κ3) is 4.93. The number of rotatable bonds is 2. The Morgan fingerprint density at radius 2 is 2.17 bits per heavy atom. The van der Waals surface area contributed by atoms with Crippen LogP contribution in [0.15, 0.2) is 18.3 Å². The summed E-state index contributed by atoms with van der Waals surface area (Å²) in [4.78, 5) is 20.6. The van der Waals surface area contributed by atoms with E-state index in [-0.39, 0.29) is 12.1 Å². The van der Waals surface area contributed by atoms with Gasteiger partial charge in [0.05, 0.1) is 11.3 Å². The van der Waals surface area contributed by atoms with Crippen molar-refractivity contribution in [2.24, 2.45) is 0 Å². The van der Waals surface area contributed by atoms with E-state index in [9.17, 15) is 4.79 Å². The molecule has 2 heterocycles. The van der Waals surface area contributed by atoms with Crippen molar-refractivity contribution in [3.8, 4) is 6.07 Å². The highest BCUT2D eigenvalue weighted by Crippen LogP contribution is 2.16. The SMILES string of the molecule is C[C@H]1CN(Cc2ccc(C#N)cn2)CCN1C(=O)OC(C)(C)C. The van der Waals surface area contributed by atoms with Crippen LogP contribution in [-0.2, 0) is 11.3 Å². The van der Waals surface area contributed by atoms with Crippen LogP contribution in [0.5, 0.6) is 0 Å². The molecule has 124 valence electrons. The molecule has 0 N–H and O–H groups in total. The van der Waals surface area contributed by atoms with Crippen molar-refractivity contribution in [1.82, 2.24) is 14.8 Å². The summed E-state index contributed by atoms with van der Waals surface area (Å²) in [5.74, 6) is 0. The first-order valence-electron chi connectivity index (χ1n) is 7.85. The lowest BCUT2D eigenvalue weighted by molar-refractivity contribution is 0.000438. The molecule has 2 rings (SSSR count). The zero-order valence-corrected chi connectivity index (χ0v) is 14.2. The summed E-state index contributed by atoms with van der Waals surface area (Å²) in [5, 5.41) is 8.80. The largest absolute Gasteiger partial charge is 0.444 e. The number of hydrogen-bond donors (Lipinski definition) is 0. The van der Waals surface area contributed by atoms with Gasteiger partial charge in [-0.05, 0) is 39.8 Å². The minimum atomic E-state index is -0.472. The molecule has 0 aliphatic carbocycles. The van der Waals surface area contributed by atoms with Crippen LogP contribution in [0.3, 0.4) is 0 Å². The van der Waals surface area contributed by atoms with E-state index in [1.54, 1.807) is 17.2 Å². The number of amides is 1. The standard InChI is InChI=1S/C17H24N4O2/c1-13-11-20(12-15-6-5-14(9-18)10-19-15)7-8-21(13)16(22)23-17(2,3)4/h5-6,10,13H,7-8,11-12H2,1-4H3/t13-/m0/s1. The number of carbonyl (C=O) groups excluding carboxylic acids is 1. The lowest BCUT2D eigenvalue weighted by Gasteiger charge is -2.40. The van der Waals surface area contributed by atoms with Gasteiger partial charge < -0.3 is 9.64 Å². The highest BCUT2D eigenvalue weighted by Gasteiger charge is 2.30. The predicted octanol–water partition coefficient (Wildman–Crippen LogP) is 2.39. The van der Waals surface area contributed by atoms with Crippen LogP contribution >= 0.6 is 0 Å². The van der Waals surface area contributed by atoms with Crippen molar-refractivity contribution in [2.75, 3.05) is 19.6 Å². The molecule has 23 heavy (non-hydrogen) atoms. The smallest absolute Gasteiger partial charge is 0.410 e. The lowest BCUT2D eigenvalue weighted by Crippen LogP contribution is -2.54. The van der Waals surface area contributed by atoms with Gasteiger partial charge in [-0.25, -0.2) is 4.79 Å². The van der Waals surface area contributed by atoms with E-state index in [1.807, 2.05) is 33.8 Å². The summed E-state index contributed by atoms with van der Waals surface area (Å²) < 4.78 is 5.45. The van der Waals surface area contributed by atoms with Gasteiger partial charge in [-0.1, -0.05) is 0 Å². The van der Waals surface area contributed by atoms with E-state index in [0.29, 0.717) is 12.1 Å². The summed E-state index contributed by atoms with van der Waals surface area (Å²) in [6.07, 6.45) is 1.34. The van der Waals surface area contributed by atoms with Gasteiger partial charge in [-0.2, -0.15) is 5.26 Å². The Hall–Kier alpha value is -2.13. The second-order valence-electron chi connectivity index (χ2n) is 6.91. The molecule has 1 atom stereocenters. The Kier molecular flexibility index (Phi) is 5.22. The number of pyridine rings is 1. The summed E-state index contributed by atoms with van der Waals surface area (Å²) in [6, 6.07) is 5.82. The highest BCUT2D eigenvalue weighted by molar-refractivity contribution is 5.68. The first-order valence-corrected chi connectivity index (χ1v) is 7.85. The lowest BCUT2D eigenvalue weighted by atomic mass is 10.1. The molecule has 0 radical (unpaired) electrons. The Labute approximate surface area is 137 Å². The summed E-state index contributed by atoms with van der Waals surface area (Å²) in [5.41, 5.74) is 1.03. The maximum absolute atomic E-state index is 12.2. The molecule has 6 heteroatoms. The highest BCUT2D eigenvalue weighted by atomic mass is 16.6. The Bertz CT molecular complexity index is 586. The first kappa shape index (κ1) is 17.2. The van der Waals surface area contributed by atoms with E-state index in [1.165, 1.54) is 0 Å². The van der Waals surface area contributed by atoms with Crippen LogP contribution in [0.25, 0.3) is 0 Å². The molecule has 1 saturated heterocycles. The average Bonchev–Trinajstić information content (AvgIpc) is 2.46. The monoisotopic (exact) mass is 316 g/mol. The average molecular weight is 316 g/mol. The van der Waals surface area contributed by atoms with Crippen LogP contribution < -0.4 is 0 Å². The molecule has 6 nitrogen and oxygen atoms in total. The fourth-order valence-corrected chi connectivity index (χ4v) is 2.58. The Morgan fingerprint density at radius 3 is 2.70 bits per heavy atom. The van der Waals surface area contributed by atoms with Gasteiger partial charge in [0, 0.05) is 38.4 Å². The minimum absolute atomic E-state index is 0.0944. The Morgan fingerprint density at radius 1 is 1.43 bits per heavy atom. The molecule has 1 aliphatic rings. The van der Waals surface area contributed by atoms with E-state index >= 15 is 0 Å². The van der Waals surface area contributed by atoms with Crippen molar-refractivity contribution >= 4 is 6.09 Å². The van der Waals surface area contributed by atoms with E-state index < -0.39 is 5.60 Å². The van der Waals surface area contributed by atoms with Crippen LogP contribution in [0.2, 0.25) is 0 Å². The Balaban J connectivity index is 1.90. The zero-order valence-electron chi connectivity index (χ0n) is 14.2. The number of nitriles is 1. The summed E-state index contributed by atoms with van der Waals surface area (Å²) >= 11 is 0. The van der Waals surface area contributed by atoms with Crippen LogP contribution in [-0.4, -0.2) is 52.2 Å².